The third-order valence-electron chi connectivity index (χ3n) is 4.91. The van der Waals surface area contributed by atoms with Gasteiger partial charge < -0.3 is 15.2 Å². The van der Waals surface area contributed by atoms with Crippen molar-refractivity contribution in [3.05, 3.63) is 29.3 Å². The second-order valence-electron chi connectivity index (χ2n) is 6.22. The second-order valence-corrected chi connectivity index (χ2v) is 6.22. The number of Topliss-reactive ketones (excluding diaryl/α,β-unsaturated/α-hetero) is 1. The lowest BCUT2D eigenvalue weighted by Gasteiger charge is -2.43. The van der Waals surface area contributed by atoms with Crippen LogP contribution < -0.4 is 5.73 Å². The molecule has 2 aliphatic heterocycles. The van der Waals surface area contributed by atoms with Gasteiger partial charge in [-0.3, -0.25) is 4.79 Å². The van der Waals surface area contributed by atoms with Crippen LogP contribution in [0.3, 0.4) is 0 Å². The van der Waals surface area contributed by atoms with E-state index in [1.165, 1.54) is 0 Å². The summed E-state index contributed by atoms with van der Waals surface area (Å²) in [5.74, 6) is 0.256. The second kappa shape index (κ2) is 5.78. The van der Waals surface area contributed by atoms with Crippen molar-refractivity contribution in [1.82, 2.24) is 0 Å². The van der Waals surface area contributed by atoms with Gasteiger partial charge in [0.25, 0.3) is 0 Å². The number of carbonyl (C=O) groups excluding carboxylic acids is 1. The molecule has 4 nitrogen and oxygen atoms in total. The van der Waals surface area contributed by atoms with Crippen LogP contribution in [0, 0.1) is 12.8 Å². The highest BCUT2D eigenvalue weighted by atomic mass is 16.5. The van der Waals surface area contributed by atoms with E-state index in [2.05, 4.69) is 0 Å². The summed E-state index contributed by atoms with van der Waals surface area (Å²) in [5.41, 5.74) is 8.14. The summed E-state index contributed by atoms with van der Waals surface area (Å²) in [7, 11) is 0. The van der Waals surface area contributed by atoms with Gasteiger partial charge in [0.2, 0.25) is 0 Å². The molecule has 0 saturated carbocycles. The number of hydrogen-bond acceptors (Lipinski definition) is 4. The van der Waals surface area contributed by atoms with Gasteiger partial charge in [-0.2, -0.15) is 0 Å². The third-order valence-corrected chi connectivity index (χ3v) is 4.91. The lowest BCUT2D eigenvalue weighted by atomic mass is 9.77. The van der Waals surface area contributed by atoms with Crippen molar-refractivity contribution in [3.63, 3.8) is 0 Å². The van der Waals surface area contributed by atoms with Crippen LogP contribution in [0.5, 0.6) is 0 Å². The summed E-state index contributed by atoms with van der Waals surface area (Å²) in [5, 5.41) is 0. The maximum absolute atomic E-state index is 12.9. The van der Waals surface area contributed by atoms with Crippen molar-refractivity contribution >= 4 is 11.5 Å². The van der Waals surface area contributed by atoms with E-state index >= 15 is 0 Å². The SMILES string of the molecule is Cc1c(N)cccc1C(=O)C1CCOC2(CCOCC2)C1. The average Bonchev–Trinajstić information content (AvgIpc) is 2.50. The van der Waals surface area contributed by atoms with Crippen LogP contribution in [0.15, 0.2) is 18.2 Å². The van der Waals surface area contributed by atoms with E-state index in [9.17, 15) is 4.79 Å². The Labute approximate surface area is 125 Å². The lowest BCUT2D eigenvalue weighted by Crippen LogP contribution is -2.46. The summed E-state index contributed by atoms with van der Waals surface area (Å²) in [6.07, 6.45) is 3.40. The molecule has 114 valence electrons. The topological polar surface area (TPSA) is 61.6 Å². The summed E-state index contributed by atoms with van der Waals surface area (Å²) in [6.45, 7) is 4.06. The van der Waals surface area contributed by atoms with Gasteiger partial charge in [0.1, 0.15) is 0 Å². The summed E-state index contributed by atoms with van der Waals surface area (Å²) in [4.78, 5) is 12.9. The largest absolute Gasteiger partial charge is 0.398 e. The van der Waals surface area contributed by atoms with Crippen molar-refractivity contribution in [2.75, 3.05) is 25.6 Å². The van der Waals surface area contributed by atoms with E-state index in [1.54, 1.807) is 0 Å². The number of hydrogen-bond donors (Lipinski definition) is 1. The molecule has 2 aliphatic rings. The fourth-order valence-corrected chi connectivity index (χ4v) is 3.48. The van der Waals surface area contributed by atoms with Crippen LogP contribution in [-0.4, -0.2) is 31.2 Å². The molecule has 1 unspecified atom stereocenters. The zero-order valence-corrected chi connectivity index (χ0v) is 12.6. The first-order valence-electron chi connectivity index (χ1n) is 7.72. The Morgan fingerprint density at radius 3 is 2.81 bits per heavy atom. The molecule has 0 amide bonds. The van der Waals surface area contributed by atoms with Gasteiger partial charge in [-0.15, -0.1) is 0 Å². The number of nitrogens with two attached hydrogens (primary N) is 1. The molecule has 21 heavy (non-hydrogen) atoms. The molecule has 1 atom stereocenters. The highest BCUT2D eigenvalue weighted by Crippen LogP contribution is 2.38. The van der Waals surface area contributed by atoms with Crippen LogP contribution in [0.2, 0.25) is 0 Å². The van der Waals surface area contributed by atoms with Gasteiger partial charge in [0, 0.05) is 37.0 Å². The molecule has 2 N–H and O–H groups in total. The molecule has 1 aromatic carbocycles. The monoisotopic (exact) mass is 289 g/mol. The Morgan fingerprint density at radius 2 is 2.05 bits per heavy atom. The predicted octanol–water partition coefficient (Wildman–Crippen LogP) is 2.74. The highest BCUT2D eigenvalue weighted by molar-refractivity contribution is 6.00. The van der Waals surface area contributed by atoms with Crippen molar-refractivity contribution < 1.29 is 14.3 Å². The van der Waals surface area contributed by atoms with Crippen molar-refractivity contribution in [3.8, 4) is 0 Å². The summed E-state index contributed by atoms with van der Waals surface area (Å²) >= 11 is 0. The van der Waals surface area contributed by atoms with E-state index in [-0.39, 0.29) is 17.3 Å². The van der Waals surface area contributed by atoms with Gasteiger partial charge in [0.05, 0.1) is 5.60 Å². The highest BCUT2D eigenvalue weighted by Gasteiger charge is 2.41. The first-order chi connectivity index (χ1) is 10.1. The summed E-state index contributed by atoms with van der Waals surface area (Å²) < 4.78 is 11.5. The first-order valence-corrected chi connectivity index (χ1v) is 7.72. The summed E-state index contributed by atoms with van der Waals surface area (Å²) in [6, 6.07) is 5.59. The fourth-order valence-electron chi connectivity index (χ4n) is 3.48. The van der Waals surface area contributed by atoms with Gasteiger partial charge in [-0.25, -0.2) is 0 Å². The molecule has 1 spiro atoms. The van der Waals surface area contributed by atoms with Crippen LogP contribution in [0.4, 0.5) is 5.69 Å². The standard InChI is InChI=1S/C17H23NO3/c1-12-14(3-2-4-15(12)18)16(19)13-5-8-21-17(11-13)6-9-20-10-7-17/h2-4,13H,5-11,18H2,1H3. The minimum atomic E-state index is -0.148. The van der Waals surface area contributed by atoms with E-state index < -0.39 is 0 Å². The predicted molar refractivity (Wildman–Crippen MR) is 81.4 cm³/mol. The number of ketones is 1. The van der Waals surface area contributed by atoms with E-state index in [0.29, 0.717) is 12.3 Å². The van der Waals surface area contributed by atoms with Crippen molar-refractivity contribution in [2.24, 2.45) is 5.92 Å². The third kappa shape index (κ3) is 2.83. The van der Waals surface area contributed by atoms with Crippen LogP contribution in [0.25, 0.3) is 0 Å². The molecular weight excluding hydrogens is 266 g/mol. The molecule has 2 heterocycles. The number of nitrogen functional groups attached to an aromatic ring is 1. The zero-order valence-electron chi connectivity index (χ0n) is 12.6. The van der Waals surface area contributed by atoms with Crippen LogP contribution in [-0.2, 0) is 9.47 Å². The maximum Gasteiger partial charge on any atom is 0.166 e. The van der Waals surface area contributed by atoms with Crippen LogP contribution >= 0.6 is 0 Å². The molecule has 2 fully saturated rings. The quantitative estimate of drug-likeness (QED) is 0.671. The maximum atomic E-state index is 12.9. The number of benzene rings is 1. The fraction of sp³-hybridized carbons (Fsp3) is 0.588. The Bertz CT molecular complexity index is 529. The van der Waals surface area contributed by atoms with E-state index in [1.807, 2.05) is 25.1 Å². The van der Waals surface area contributed by atoms with E-state index in [0.717, 1.165) is 50.0 Å². The van der Waals surface area contributed by atoms with Gasteiger partial charge >= 0.3 is 0 Å². The van der Waals surface area contributed by atoms with Gasteiger partial charge in [0.15, 0.2) is 5.78 Å². The minimum Gasteiger partial charge on any atom is -0.398 e. The molecule has 0 radical (unpaired) electrons. The molecular formula is C17H23NO3. The molecule has 0 bridgehead atoms. The Kier molecular flexibility index (Phi) is 4.00. The number of anilines is 1. The van der Waals surface area contributed by atoms with Gasteiger partial charge in [-0.05, 0) is 44.2 Å². The molecule has 2 saturated heterocycles. The number of ether oxygens (including phenoxy) is 2. The van der Waals surface area contributed by atoms with Crippen LogP contribution in [0.1, 0.15) is 41.6 Å². The molecule has 0 aromatic heterocycles. The first kappa shape index (κ1) is 14.5. The lowest BCUT2D eigenvalue weighted by molar-refractivity contribution is -0.142. The smallest absolute Gasteiger partial charge is 0.166 e. The Hall–Kier alpha value is -1.39. The molecule has 1 aromatic rings. The van der Waals surface area contributed by atoms with Crippen molar-refractivity contribution in [1.29, 1.82) is 0 Å². The molecule has 3 rings (SSSR count). The Balaban J connectivity index is 1.79. The van der Waals surface area contributed by atoms with Crippen molar-refractivity contribution in [2.45, 2.75) is 38.2 Å². The minimum absolute atomic E-state index is 0.0392. The molecule has 4 heteroatoms. The zero-order chi connectivity index (χ0) is 14.9. The number of carbonyl (C=O) groups is 1. The Morgan fingerprint density at radius 1 is 1.29 bits per heavy atom. The van der Waals surface area contributed by atoms with E-state index in [4.69, 9.17) is 15.2 Å². The average molecular weight is 289 g/mol. The number of rotatable bonds is 2. The molecule has 0 aliphatic carbocycles. The van der Waals surface area contributed by atoms with Gasteiger partial charge in [-0.1, -0.05) is 12.1 Å². The normalized spacial score (nSPS) is 24.9.